The van der Waals surface area contributed by atoms with Gasteiger partial charge >= 0.3 is 5.97 Å². The number of carbonyl (C=O) groups is 2. The SMILES string of the molecule is CCOC(=O)c1csc(NC(=O)Cc2c(C)nn(-c3ccccc3)c2C)n1. The molecule has 0 radical (unpaired) electrons. The van der Waals surface area contributed by atoms with E-state index in [1.54, 1.807) is 12.3 Å². The lowest BCUT2D eigenvalue weighted by Crippen LogP contribution is -2.15. The summed E-state index contributed by atoms with van der Waals surface area (Å²) in [6, 6.07) is 9.77. The standard InChI is InChI=1S/C19H20N4O3S/c1-4-26-18(25)16-11-27-19(20-16)21-17(24)10-15-12(2)22-23(13(15)3)14-8-6-5-7-9-14/h5-9,11H,4,10H2,1-3H3,(H,20,21,24). The van der Waals surface area contributed by atoms with E-state index < -0.39 is 5.97 Å². The highest BCUT2D eigenvalue weighted by Crippen LogP contribution is 2.20. The molecule has 2 aromatic heterocycles. The van der Waals surface area contributed by atoms with Gasteiger partial charge in [0.2, 0.25) is 5.91 Å². The Morgan fingerprint density at radius 3 is 2.67 bits per heavy atom. The third-order valence-electron chi connectivity index (χ3n) is 4.01. The van der Waals surface area contributed by atoms with Crippen LogP contribution in [0.15, 0.2) is 35.7 Å². The zero-order valence-corrected chi connectivity index (χ0v) is 16.2. The lowest BCUT2D eigenvalue weighted by molar-refractivity contribution is -0.115. The molecule has 0 bridgehead atoms. The van der Waals surface area contributed by atoms with Crippen molar-refractivity contribution in [1.29, 1.82) is 0 Å². The van der Waals surface area contributed by atoms with Crippen LogP contribution in [0, 0.1) is 13.8 Å². The molecule has 0 saturated heterocycles. The maximum atomic E-state index is 12.4. The van der Waals surface area contributed by atoms with Gasteiger partial charge in [-0.2, -0.15) is 5.10 Å². The number of aryl methyl sites for hydroxylation is 1. The van der Waals surface area contributed by atoms with Gasteiger partial charge in [0.1, 0.15) is 0 Å². The highest BCUT2D eigenvalue weighted by molar-refractivity contribution is 7.14. The number of amides is 1. The Labute approximate surface area is 161 Å². The van der Waals surface area contributed by atoms with Crippen molar-refractivity contribution in [3.05, 3.63) is 58.4 Å². The summed E-state index contributed by atoms with van der Waals surface area (Å²) in [5.74, 6) is -0.705. The van der Waals surface area contributed by atoms with Crippen molar-refractivity contribution in [2.45, 2.75) is 27.2 Å². The predicted molar refractivity (Wildman–Crippen MR) is 103 cm³/mol. The van der Waals surface area contributed by atoms with Crippen LogP contribution in [0.3, 0.4) is 0 Å². The monoisotopic (exact) mass is 384 g/mol. The van der Waals surface area contributed by atoms with Crippen LogP contribution in [0.2, 0.25) is 0 Å². The molecule has 3 rings (SSSR count). The molecular weight excluding hydrogens is 364 g/mol. The van der Waals surface area contributed by atoms with E-state index in [2.05, 4.69) is 15.4 Å². The van der Waals surface area contributed by atoms with Gasteiger partial charge in [0.05, 0.1) is 24.4 Å². The largest absolute Gasteiger partial charge is 0.461 e. The van der Waals surface area contributed by atoms with Crippen molar-refractivity contribution >= 4 is 28.3 Å². The minimum Gasteiger partial charge on any atom is -0.461 e. The summed E-state index contributed by atoms with van der Waals surface area (Å²) in [6.45, 7) is 5.84. The van der Waals surface area contributed by atoms with Crippen LogP contribution in [0.4, 0.5) is 5.13 Å². The summed E-state index contributed by atoms with van der Waals surface area (Å²) in [5, 5.41) is 9.22. The van der Waals surface area contributed by atoms with Crippen LogP contribution in [0.25, 0.3) is 5.69 Å². The number of carbonyl (C=O) groups excluding carboxylic acids is 2. The number of nitrogens with zero attached hydrogens (tertiary/aromatic N) is 3. The average molecular weight is 384 g/mol. The fourth-order valence-corrected chi connectivity index (χ4v) is 3.40. The Balaban J connectivity index is 1.72. The lowest BCUT2D eigenvalue weighted by Gasteiger charge is -2.05. The number of anilines is 1. The molecule has 0 atom stereocenters. The maximum Gasteiger partial charge on any atom is 0.357 e. The van der Waals surface area contributed by atoms with Gasteiger partial charge in [-0.15, -0.1) is 11.3 Å². The van der Waals surface area contributed by atoms with Crippen molar-refractivity contribution < 1.29 is 14.3 Å². The van der Waals surface area contributed by atoms with Gasteiger partial charge in [-0.1, -0.05) is 18.2 Å². The quantitative estimate of drug-likeness (QED) is 0.659. The number of nitrogens with one attached hydrogen (secondary N) is 1. The molecule has 27 heavy (non-hydrogen) atoms. The second-order valence-corrected chi connectivity index (χ2v) is 6.74. The third-order valence-corrected chi connectivity index (χ3v) is 4.77. The zero-order chi connectivity index (χ0) is 19.4. The first kappa shape index (κ1) is 18.8. The molecule has 1 aromatic carbocycles. The summed E-state index contributed by atoms with van der Waals surface area (Å²) < 4.78 is 6.73. The molecule has 0 aliphatic heterocycles. The fourth-order valence-electron chi connectivity index (χ4n) is 2.71. The van der Waals surface area contributed by atoms with Crippen LogP contribution in [-0.2, 0) is 16.0 Å². The van der Waals surface area contributed by atoms with Gasteiger partial charge in [0.15, 0.2) is 10.8 Å². The van der Waals surface area contributed by atoms with E-state index in [0.717, 1.165) is 22.6 Å². The number of para-hydroxylation sites is 1. The van der Waals surface area contributed by atoms with E-state index in [-0.39, 0.29) is 24.6 Å². The van der Waals surface area contributed by atoms with E-state index >= 15 is 0 Å². The van der Waals surface area contributed by atoms with Crippen molar-refractivity contribution in [3.8, 4) is 5.69 Å². The number of benzene rings is 1. The van der Waals surface area contributed by atoms with Crippen LogP contribution < -0.4 is 5.32 Å². The summed E-state index contributed by atoms with van der Waals surface area (Å²) in [7, 11) is 0. The normalized spacial score (nSPS) is 10.6. The third kappa shape index (κ3) is 4.22. The van der Waals surface area contributed by atoms with Gasteiger partial charge in [-0.25, -0.2) is 14.5 Å². The molecule has 0 aliphatic carbocycles. The van der Waals surface area contributed by atoms with Crippen LogP contribution >= 0.6 is 11.3 Å². The highest BCUT2D eigenvalue weighted by Gasteiger charge is 2.18. The number of aromatic nitrogens is 3. The molecule has 140 valence electrons. The summed E-state index contributed by atoms with van der Waals surface area (Å²) in [4.78, 5) is 28.2. The Bertz CT molecular complexity index is 963. The lowest BCUT2D eigenvalue weighted by atomic mass is 10.1. The summed E-state index contributed by atoms with van der Waals surface area (Å²) >= 11 is 1.19. The Hall–Kier alpha value is -3.00. The van der Waals surface area contributed by atoms with Crippen LogP contribution in [-0.4, -0.2) is 33.2 Å². The molecule has 1 amide bonds. The first-order valence-corrected chi connectivity index (χ1v) is 9.40. The van der Waals surface area contributed by atoms with Crippen LogP contribution in [0.1, 0.15) is 34.4 Å². The first-order valence-electron chi connectivity index (χ1n) is 8.52. The fraction of sp³-hybridized carbons (Fsp3) is 0.263. The van der Waals surface area contributed by atoms with Gasteiger partial charge < -0.3 is 10.1 Å². The van der Waals surface area contributed by atoms with Crippen LogP contribution in [0.5, 0.6) is 0 Å². The second-order valence-electron chi connectivity index (χ2n) is 5.88. The smallest absolute Gasteiger partial charge is 0.357 e. The van der Waals surface area contributed by atoms with Crippen molar-refractivity contribution in [1.82, 2.24) is 14.8 Å². The summed E-state index contributed by atoms with van der Waals surface area (Å²) in [6.07, 6.45) is 0.179. The van der Waals surface area contributed by atoms with E-state index in [1.807, 2.05) is 48.9 Å². The van der Waals surface area contributed by atoms with Crippen molar-refractivity contribution in [2.75, 3.05) is 11.9 Å². The van der Waals surface area contributed by atoms with Gasteiger partial charge in [-0.05, 0) is 32.9 Å². The minimum absolute atomic E-state index is 0.179. The van der Waals surface area contributed by atoms with Gasteiger partial charge in [0, 0.05) is 16.6 Å². The molecular formula is C19H20N4O3S. The molecule has 0 fully saturated rings. The van der Waals surface area contributed by atoms with Crippen molar-refractivity contribution in [3.63, 3.8) is 0 Å². The molecule has 0 spiro atoms. The van der Waals surface area contributed by atoms with Gasteiger partial charge in [0.25, 0.3) is 0 Å². The number of ether oxygens (including phenoxy) is 1. The molecule has 8 heteroatoms. The zero-order valence-electron chi connectivity index (χ0n) is 15.4. The van der Waals surface area contributed by atoms with Gasteiger partial charge in [-0.3, -0.25) is 4.79 Å². The highest BCUT2D eigenvalue weighted by atomic mass is 32.1. The molecule has 0 unspecified atom stereocenters. The van der Waals surface area contributed by atoms with E-state index in [0.29, 0.717) is 5.13 Å². The minimum atomic E-state index is -0.495. The van der Waals surface area contributed by atoms with E-state index in [9.17, 15) is 9.59 Å². The molecule has 2 heterocycles. The second kappa shape index (κ2) is 8.13. The Kier molecular flexibility index (Phi) is 5.66. The molecule has 0 saturated carbocycles. The number of esters is 1. The Morgan fingerprint density at radius 2 is 1.96 bits per heavy atom. The van der Waals surface area contributed by atoms with Crippen molar-refractivity contribution in [2.24, 2.45) is 0 Å². The number of hydrogen-bond acceptors (Lipinski definition) is 6. The molecule has 1 N–H and O–H groups in total. The molecule has 0 aliphatic rings. The first-order chi connectivity index (χ1) is 13.0. The number of rotatable bonds is 6. The predicted octanol–water partition coefficient (Wildman–Crippen LogP) is 3.30. The molecule has 3 aromatic rings. The Morgan fingerprint density at radius 1 is 1.22 bits per heavy atom. The number of thiazole rings is 1. The number of hydrogen-bond donors (Lipinski definition) is 1. The average Bonchev–Trinajstić information content (AvgIpc) is 3.23. The summed E-state index contributed by atoms with van der Waals surface area (Å²) in [5.41, 5.74) is 3.74. The van der Waals surface area contributed by atoms with E-state index in [4.69, 9.17) is 4.74 Å². The maximum absolute atomic E-state index is 12.4. The topological polar surface area (TPSA) is 86.1 Å². The molecule has 7 nitrogen and oxygen atoms in total. The van der Waals surface area contributed by atoms with E-state index in [1.165, 1.54) is 11.3 Å².